The molecule has 0 aliphatic heterocycles. The monoisotopic (exact) mass is 480 g/mol. The third-order valence-electron chi connectivity index (χ3n) is 4.53. The summed E-state index contributed by atoms with van der Waals surface area (Å²) in [6.45, 7) is 3.64. The van der Waals surface area contributed by atoms with Crippen LogP contribution < -0.4 is 43.5 Å². The summed E-state index contributed by atoms with van der Waals surface area (Å²) >= 11 is 0. The predicted molar refractivity (Wildman–Crippen MR) is 115 cm³/mol. The van der Waals surface area contributed by atoms with Gasteiger partial charge in [0, 0.05) is 18.6 Å². The maximum absolute atomic E-state index is 12.4. The summed E-state index contributed by atoms with van der Waals surface area (Å²) in [5.41, 5.74) is 2.00. The summed E-state index contributed by atoms with van der Waals surface area (Å²) < 4.78 is 22.4. The Hall–Kier alpha value is -2.48. The number of benzene rings is 3. The molecule has 3 aromatic rings. The van der Waals surface area contributed by atoms with Gasteiger partial charge in [-0.25, -0.2) is 4.57 Å². The summed E-state index contributed by atoms with van der Waals surface area (Å²) in [5.74, 6) is -1.80. The average molecular weight is 480 g/mol. The van der Waals surface area contributed by atoms with Crippen LogP contribution in [0, 0.1) is 13.8 Å². The third-order valence-corrected chi connectivity index (χ3v) is 5.40. The quantitative estimate of drug-likeness (QED) is 0.248. The molecular weight excluding hydrogens is 458 g/mol. The minimum absolute atomic E-state index is 0. The van der Waals surface area contributed by atoms with Crippen LogP contribution in [0.1, 0.15) is 33.5 Å². The first-order valence-electron chi connectivity index (χ1n) is 9.68. The number of rotatable bonds is 8. The Kier molecular flexibility index (Phi) is 9.00. The third kappa shape index (κ3) is 7.52. The first kappa shape index (κ1) is 26.8. The molecule has 0 saturated carbocycles. The molecule has 0 aromatic heterocycles. The van der Waals surface area contributed by atoms with Crippen molar-refractivity contribution in [3.05, 3.63) is 76.9 Å². The molecule has 0 heterocycles. The molecule has 33 heavy (non-hydrogen) atoms. The summed E-state index contributed by atoms with van der Waals surface area (Å²) in [6.07, 6.45) is 0.111. The molecule has 1 atom stereocenters. The van der Waals surface area contributed by atoms with Crippen LogP contribution in [0.5, 0.6) is 28.7 Å². The van der Waals surface area contributed by atoms with E-state index in [9.17, 15) is 29.6 Å². The fourth-order valence-electron chi connectivity index (χ4n) is 3.29. The van der Waals surface area contributed by atoms with Crippen LogP contribution in [0.4, 0.5) is 0 Å². The number of carbonyl (C=O) groups is 1. The van der Waals surface area contributed by atoms with Crippen molar-refractivity contribution >= 4 is 13.6 Å². The molecule has 10 heteroatoms. The number of hydrogen-bond donors (Lipinski definition) is 3. The number of Topliss-reactive ketones (excluding diaryl/α,β-unsaturated/α-hetero) is 1. The summed E-state index contributed by atoms with van der Waals surface area (Å²) in [6, 6.07) is 13.1. The van der Waals surface area contributed by atoms with E-state index in [0.29, 0.717) is 5.56 Å². The molecule has 0 spiro atoms. The normalized spacial score (nSPS) is 12.3. The van der Waals surface area contributed by atoms with Crippen molar-refractivity contribution in [1.82, 2.24) is 0 Å². The molecule has 0 aliphatic rings. The van der Waals surface area contributed by atoms with Crippen molar-refractivity contribution in [1.29, 1.82) is 0 Å². The molecule has 168 valence electrons. The Balaban J connectivity index is 0.00000385. The maximum atomic E-state index is 12.4. The van der Waals surface area contributed by atoms with E-state index >= 15 is 0 Å². The number of phenols is 3. The van der Waals surface area contributed by atoms with E-state index in [1.807, 2.05) is 19.9 Å². The maximum Gasteiger partial charge on any atom is 1.00 e. The fourth-order valence-corrected chi connectivity index (χ4v) is 4.06. The standard InChI is InChI=1S/C23H23O8P.Na/c1-14-8-15(2)10-19(9-14)31-32(28,29)30-18-5-3-4-16(11-18)6-7-20(25)23-21(26)12-17(24)13-22(23)27;/h3-5,8-13,24,26-27H,6-7H2,1-2H3,(H,28,29);/q;+1/p-1. The second-order valence-electron chi connectivity index (χ2n) is 7.38. The molecule has 8 nitrogen and oxygen atoms in total. The Morgan fingerprint density at radius 3 is 2.09 bits per heavy atom. The van der Waals surface area contributed by atoms with E-state index in [4.69, 9.17) is 9.05 Å². The van der Waals surface area contributed by atoms with Crippen molar-refractivity contribution in [3.8, 4) is 28.7 Å². The van der Waals surface area contributed by atoms with Crippen LogP contribution in [0.2, 0.25) is 0 Å². The van der Waals surface area contributed by atoms with E-state index in [-0.39, 0.29) is 65.2 Å². The Morgan fingerprint density at radius 2 is 1.48 bits per heavy atom. The number of phosphoric acid groups is 1. The Bertz CT molecular complexity index is 1170. The summed E-state index contributed by atoms with van der Waals surface area (Å²) in [7, 11) is -4.71. The van der Waals surface area contributed by atoms with E-state index in [1.54, 1.807) is 24.3 Å². The Labute approximate surface area is 213 Å². The van der Waals surface area contributed by atoms with Gasteiger partial charge in [-0.1, -0.05) is 18.2 Å². The summed E-state index contributed by atoms with van der Waals surface area (Å²) in [4.78, 5) is 24.7. The molecule has 0 aliphatic carbocycles. The molecule has 3 aromatic carbocycles. The number of carbonyl (C=O) groups excluding carboxylic acids is 1. The van der Waals surface area contributed by atoms with Gasteiger partial charge < -0.3 is 29.3 Å². The number of phosphoric ester groups is 1. The van der Waals surface area contributed by atoms with Gasteiger partial charge in [0.15, 0.2) is 5.78 Å². The largest absolute Gasteiger partial charge is 1.00 e. The van der Waals surface area contributed by atoms with Crippen molar-refractivity contribution in [2.75, 3.05) is 0 Å². The zero-order valence-electron chi connectivity index (χ0n) is 18.4. The number of ketones is 1. The number of aromatic hydroxyl groups is 3. The first-order valence-corrected chi connectivity index (χ1v) is 11.1. The number of phenolic OH excluding ortho intramolecular Hbond substituents is 3. The molecule has 0 bridgehead atoms. The minimum Gasteiger partial charge on any atom is -0.736 e. The molecule has 3 N–H and O–H groups in total. The van der Waals surface area contributed by atoms with Gasteiger partial charge >= 0.3 is 37.4 Å². The molecule has 0 saturated heterocycles. The van der Waals surface area contributed by atoms with Crippen LogP contribution in [0.25, 0.3) is 0 Å². The topological polar surface area (TPSA) is 136 Å². The van der Waals surface area contributed by atoms with Gasteiger partial charge in [-0.3, -0.25) is 4.79 Å². The van der Waals surface area contributed by atoms with Crippen LogP contribution in [0.15, 0.2) is 54.6 Å². The molecular formula is C23H22NaO8P. The average Bonchev–Trinajstić information content (AvgIpc) is 2.64. The van der Waals surface area contributed by atoms with Crippen molar-refractivity contribution in [2.45, 2.75) is 26.7 Å². The molecule has 0 amide bonds. The zero-order chi connectivity index (χ0) is 23.5. The molecule has 3 rings (SSSR count). The second kappa shape index (κ2) is 11.1. The van der Waals surface area contributed by atoms with E-state index < -0.39 is 25.1 Å². The smallest absolute Gasteiger partial charge is 0.736 e. The second-order valence-corrected chi connectivity index (χ2v) is 8.64. The van der Waals surface area contributed by atoms with Gasteiger partial charge in [0.2, 0.25) is 0 Å². The van der Waals surface area contributed by atoms with E-state index in [1.165, 1.54) is 12.1 Å². The van der Waals surface area contributed by atoms with Crippen molar-refractivity contribution < 1.29 is 68.2 Å². The van der Waals surface area contributed by atoms with Gasteiger partial charge in [0.05, 0.1) is 0 Å². The zero-order valence-corrected chi connectivity index (χ0v) is 21.3. The van der Waals surface area contributed by atoms with Crippen LogP contribution in [-0.4, -0.2) is 21.1 Å². The SMILES string of the molecule is Cc1cc(C)cc(OP(=O)([O-])Oc2cccc(CCC(=O)c3c(O)cc(O)cc3O)c2)c1.[Na+]. The van der Waals surface area contributed by atoms with E-state index in [2.05, 4.69) is 0 Å². The Morgan fingerprint density at radius 1 is 0.909 bits per heavy atom. The molecule has 0 fully saturated rings. The van der Waals surface area contributed by atoms with Crippen LogP contribution in [0.3, 0.4) is 0 Å². The molecule has 1 unspecified atom stereocenters. The van der Waals surface area contributed by atoms with Gasteiger partial charge in [-0.2, -0.15) is 0 Å². The van der Waals surface area contributed by atoms with Crippen LogP contribution >= 0.6 is 7.82 Å². The van der Waals surface area contributed by atoms with Crippen molar-refractivity contribution in [2.24, 2.45) is 0 Å². The minimum atomic E-state index is -4.71. The van der Waals surface area contributed by atoms with Crippen molar-refractivity contribution in [3.63, 3.8) is 0 Å². The number of aryl methyl sites for hydroxylation is 3. The van der Waals surface area contributed by atoms with E-state index in [0.717, 1.165) is 23.3 Å². The predicted octanol–water partition coefficient (Wildman–Crippen LogP) is 1.17. The van der Waals surface area contributed by atoms with Gasteiger partial charge in [0.25, 0.3) is 0 Å². The fraction of sp³-hybridized carbons (Fsp3) is 0.174. The van der Waals surface area contributed by atoms with Crippen LogP contribution in [-0.2, 0) is 11.0 Å². The van der Waals surface area contributed by atoms with Gasteiger partial charge in [0.1, 0.15) is 34.3 Å². The van der Waals surface area contributed by atoms with Gasteiger partial charge in [-0.15, -0.1) is 0 Å². The number of hydrogen-bond acceptors (Lipinski definition) is 8. The molecule has 0 radical (unpaired) electrons. The summed E-state index contributed by atoms with van der Waals surface area (Å²) in [5, 5.41) is 29.0. The first-order chi connectivity index (χ1) is 15.0. The van der Waals surface area contributed by atoms with Gasteiger partial charge in [-0.05, 0) is 61.2 Å².